The Morgan fingerprint density at radius 1 is 0.516 bits per heavy atom. The van der Waals surface area contributed by atoms with E-state index in [2.05, 4.69) is 40.9 Å². The van der Waals surface area contributed by atoms with Gasteiger partial charge in [0.2, 0.25) is 0 Å². The molecule has 0 fully saturated rings. The first-order chi connectivity index (χ1) is 28.7. The van der Waals surface area contributed by atoms with Crippen LogP contribution in [-0.2, 0) is 45.4 Å². The predicted molar refractivity (Wildman–Crippen MR) is 216 cm³/mol. The van der Waals surface area contributed by atoms with E-state index in [-0.39, 0.29) is 62.3 Å². The first-order valence-corrected chi connectivity index (χ1v) is 18.9. The van der Waals surface area contributed by atoms with Crippen LogP contribution in [0.3, 0.4) is 0 Å². The molecular formula is C40H50Cl2N12O8. The summed E-state index contributed by atoms with van der Waals surface area (Å²) in [5, 5.41) is 69.6. The first-order valence-electron chi connectivity index (χ1n) is 18.9. The van der Waals surface area contributed by atoms with Gasteiger partial charge in [0.15, 0.2) is 49.5 Å². The maximum Gasteiger partial charge on any atom is 0.309 e. The molecule has 0 unspecified atom stereocenters. The average Bonchev–Trinajstić information content (AvgIpc) is 3.22. The molecule has 4 heterocycles. The van der Waals surface area contributed by atoms with Crippen LogP contribution in [0.5, 0.6) is 0 Å². The molecule has 0 aromatic carbocycles. The van der Waals surface area contributed by atoms with E-state index in [1.807, 2.05) is 27.7 Å². The molecule has 4 rings (SSSR count). The molecule has 0 saturated heterocycles. The minimum atomic E-state index is -0.846. The monoisotopic (exact) mass is 896 g/mol. The van der Waals surface area contributed by atoms with Gasteiger partial charge in [-0.3, -0.25) is 19.2 Å². The van der Waals surface area contributed by atoms with Crippen molar-refractivity contribution in [2.24, 2.45) is 52.7 Å². The number of halogens is 2. The van der Waals surface area contributed by atoms with E-state index < -0.39 is 23.9 Å². The molecule has 0 saturated carbocycles. The van der Waals surface area contributed by atoms with Crippen molar-refractivity contribution in [1.29, 1.82) is 0 Å². The molecule has 0 aliphatic heterocycles. The van der Waals surface area contributed by atoms with Crippen LogP contribution in [0.1, 0.15) is 53.4 Å². The Hall–Kier alpha value is -6.80. The highest BCUT2D eigenvalue weighted by atomic mass is 35.5. The summed E-state index contributed by atoms with van der Waals surface area (Å²) in [7, 11) is 0. The summed E-state index contributed by atoms with van der Waals surface area (Å²) >= 11 is 0. The fraction of sp³-hybridized carbons (Fsp3) is 0.350. The van der Waals surface area contributed by atoms with E-state index >= 15 is 0 Å². The molecule has 62 heavy (non-hydrogen) atoms. The highest BCUT2D eigenvalue weighted by molar-refractivity contribution is 5.84. The van der Waals surface area contributed by atoms with Crippen LogP contribution in [0.25, 0.3) is 0 Å². The van der Waals surface area contributed by atoms with Crippen LogP contribution in [0.4, 0.5) is 11.4 Å². The number of azo groups is 2. The predicted octanol–water partition coefficient (Wildman–Crippen LogP) is -1.23. The number of carboxylic acid groups (broad SMARTS) is 4. The van der Waals surface area contributed by atoms with Gasteiger partial charge in [0.05, 0.1) is 34.9 Å². The zero-order valence-electron chi connectivity index (χ0n) is 34.6. The topological polar surface area (TPSA) is 266 Å². The number of carbonyl (C=O) groups is 4. The maximum absolute atomic E-state index is 10.6. The number of rotatable bonds is 18. The van der Waals surface area contributed by atoms with Crippen LogP contribution in [0.2, 0.25) is 0 Å². The summed E-state index contributed by atoms with van der Waals surface area (Å²) in [6.07, 6.45) is 14.2. The smallest absolute Gasteiger partial charge is 0.309 e. The fourth-order valence-corrected chi connectivity index (χ4v) is 4.50. The van der Waals surface area contributed by atoms with Gasteiger partial charge in [-0.1, -0.05) is 27.7 Å². The van der Waals surface area contributed by atoms with Gasteiger partial charge in [-0.25, -0.2) is 9.13 Å². The number of aliphatic carboxylic acids is 4. The van der Waals surface area contributed by atoms with Gasteiger partial charge < -0.3 is 54.4 Å². The molecule has 20 nitrogen and oxygen atoms in total. The van der Waals surface area contributed by atoms with Crippen molar-refractivity contribution in [3.8, 4) is 0 Å². The number of hydrogen-bond donors (Lipinski definition) is 4. The zero-order chi connectivity index (χ0) is 43.9. The molecule has 4 aromatic rings. The van der Waals surface area contributed by atoms with Gasteiger partial charge in [0.25, 0.3) is 0 Å². The normalized spacial score (nSPS) is 11.4. The van der Waals surface area contributed by atoms with E-state index in [1.54, 1.807) is 116 Å². The SMILES string of the molecule is CC(C)C(N=Nc1cc[n+](CCC(=O)O)cc1)=NN=c1ccn(CCC(=O)O)cc1.CC(C)C(N=Nc1cc[n+](CCC(=O)O)cc1)=NN=c1ccn(CCC(=O)O)cc1.[Cl-].[Cl-]. The number of nitrogens with zero attached hydrogens (tertiary/aromatic N) is 12. The van der Waals surface area contributed by atoms with Gasteiger partial charge in [-0.2, -0.15) is 0 Å². The van der Waals surface area contributed by atoms with Gasteiger partial charge >= 0.3 is 23.9 Å². The Bertz CT molecular complexity index is 2120. The molecule has 22 heteroatoms. The van der Waals surface area contributed by atoms with E-state index in [9.17, 15) is 19.2 Å². The van der Waals surface area contributed by atoms with Crippen LogP contribution in [0.15, 0.2) is 139 Å². The van der Waals surface area contributed by atoms with Crippen LogP contribution in [0, 0.1) is 11.8 Å². The zero-order valence-corrected chi connectivity index (χ0v) is 36.1. The summed E-state index contributed by atoms with van der Waals surface area (Å²) in [4.78, 5) is 42.5. The van der Waals surface area contributed by atoms with Crippen molar-refractivity contribution in [3.05, 3.63) is 109 Å². The highest BCUT2D eigenvalue weighted by Crippen LogP contribution is 2.12. The van der Waals surface area contributed by atoms with Crippen molar-refractivity contribution >= 4 is 46.9 Å². The first kappa shape index (κ1) is 53.2. The Morgan fingerprint density at radius 3 is 1.10 bits per heavy atom. The van der Waals surface area contributed by atoms with E-state index in [0.717, 1.165) is 0 Å². The number of hydrogen-bond acceptors (Lipinski definition) is 10. The minimum absolute atomic E-state index is 0. The van der Waals surface area contributed by atoms with E-state index in [1.165, 1.54) is 0 Å². The fourth-order valence-electron chi connectivity index (χ4n) is 4.50. The lowest BCUT2D eigenvalue weighted by Gasteiger charge is -2.03. The molecular weight excluding hydrogens is 847 g/mol. The minimum Gasteiger partial charge on any atom is -1.00 e. The lowest BCUT2D eigenvalue weighted by atomic mass is 10.2. The molecule has 0 atom stereocenters. The highest BCUT2D eigenvalue weighted by Gasteiger charge is 2.08. The van der Waals surface area contributed by atoms with Crippen LogP contribution in [-0.4, -0.2) is 65.1 Å². The Balaban J connectivity index is 0.000000601. The molecule has 4 aromatic heterocycles. The molecule has 0 radical (unpaired) electrons. The molecule has 4 N–H and O–H groups in total. The van der Waals surface area contributed by atoms with Crippen molar-refractivity contribution in [3.63, 3.8) is 0 Å². The number of carboxylic acids is 4. The maximum atomic E-state index is 10.6. The largest absolute Gasteiger partial charge is 1.00 e. The standard InChI is InChI=1S/2C20H24N6O4.2ClH/c2*1-15(2)20(23-21-16-3-9-25(10-4-16)13-7-18(27)28)24-22-17-5-11-26(12-6-17)14-8-19(29)30;;/h2*3-6,9-12,15H,7-8,13-14H2,1-2H3,(H-,27,28,29,30);2*1H. The number of aryl methyl sites for hydroxylation is 4. The third-order valence-corrected chi connectivity index (χ3v) is 7.93. The van der Waals surface area contributed by atoms with Crippen molar-refractivity contribution in [1.82, 2.24) is 9.13 Å². The van der Waals surface area contributed by atoms with Crippen molar-refractivity contribution in [2.75, 3.05) is 0 Å². The lowest BCUT2D eigenvalue weighted by molar-refractivity contribution is -0.696. The third kappa shape index (κ3) is 22.0. The summed E-state index contributed by atoms with van der Waals surface area (Å²) in [5.74, 6) is -2.46. The Kier molecular flexibility index (Phi) is 24.6. The van der Waals surface area contributed by atoms with Gasteiger partial charge in [-0.05, 0) is 24.3 Å². The van der Waals surface area contributed by atoms with Crippen molar-refractivity contribution < 1.29 is 73.6 Å². The molecule has 332 valence electrons. The summed E-state index contributed by atoms with van der Waals surface area (Å²) in [5.41, 5.74) is 1.24. The second kappa shape index (κ2) is 28.6. The van der Waals surface area contributed by atoms with Gasteiger partial charge in [0, 0.05) is 74.0 Å². The molecule has 0 aliphatic carbocycles. The number of amidine groups is 2. The molecule has 0 spiro atoms. The third-order valence-electron chi connectivity index (χ3n) is 7.93. The van der Waals surface area contributed by atoms with E-state index in [4.69, 9.17) is 20.4 Å². The second-order valence-electron chi connectivity index (χ2n) is 13.6. The summed E-state index contributed by atoms with van der Waals surface area (Å²) in [6, 6.07) is 13.9. The lowest BCUT2D eigenvalue weighted by Crippen LogP contribution is -3.00. The van der Waals surface area contributed by atoms with Crippen LogP contribution >= 0.6 is 0 Å². The number of pyridine rings is 4. The second-order valence-corrected chi connectivity index (χ2v) is 13.6. The number of aromatic nitrogens is 4. The van der Waals surface area contributed by atoms with Gasteiger partial charge in [-0.15, -0.1) is 40.9 Å². The molecule has 0 aliphatic rings. The van der Waals surface area contributed by atoms with Crippen LogP contribution < -0.4 is 44.7 Å². The summed E-state index contributed by atoms with van der Waals surface area (Å²) in [6.45, 7) is 9.28. The Morgan fingerprint density at radius 2 is 0.823 bits per heavy atom. The molecule has 0 amide bonds. The van der Waals surface area contributed by atoms with E-state index in [0.29, 0.717) is 59.9 Å². The summed E-state index contributed by atoms with van der Waals surface area (Å²) < 4.78 is 7.05. The van der Waals surface area contributed by atoms with Crippen molar-refractivity contribution in [2.45, 2.75) is 79.6 Å². The molecule has 0 bridgehead atoms. The average molecular weight is 898 g/mol. The van der Waals surface area contributed by atoms with Gasteiger partial charge in [0.1, 0.15) is 12.8 Å². The Labute approximate surface area is 369 Å². The quantitative estimate of drug-likeness (QED) is 0.0308.